The Balaban J connectivity index is 1.77. The van der Waals surface area contributed by atoms with Crippen molar-refractivity contribution >= 4 is 17.7 Å². The molecule has 1 aromatic carbocycles. The van der Waals surface area contributed by atoms with Crippen molar-refractivity contribution in [3.8, 4) is 5.75 Å². The fourth-order valence-electron chi connectivity index (χ4n) is 3.00. The van der Waals surface area contributed by atoms with Gasteiger partial charge in [0.2, 0.25) is 0 Å². The minimum atomic E-state index is -0.572. The van der Waals surface area contributed by atoms with Crippen molar-refractivity contribution in [3.05, 3.63) is 41.2 Å². The number of hydrogen-bond acceptors (Lipinski definition) is 5. The summed E-state index contributed by atoms with van der Waals surface area (Å²) in [6.45, 7) is 8.64. The molecule has 3 rings (SSSR count). The van der Waals surface area contributed by atoms with E-state index in [9.17, 15) is 9.59 Å². The molecule has 0 saturated carbocycles. The van der Waals surface area contributed by atoms with Crippen LogP contribution in [0.5, 0.6) is 5.75 Å². The van der Waals surface area contributed by atoms with Crippen LogP contribution in [-0.2, 0) is 17.7 Å². The number of hydrogen-bond donors (Lipinski definition) is 2. The van der Waals surface area contributed by atoms with E-state index < -0.39 is 11.7 Å². The lowest BCUT2D eigenvalue weighted by molar-refractivity contribution is 0.0222. The van der Waals surface area contributed by atoms with Crippen molar-refractivity contribution in [3.63, 3.8) is 0 Å². The van der Waals surface area contributed by atoms with E-state index in [1.165, 1.54) is 0 Å². The Bertz CT molecular complexity index is 869. The lowest BCUT2D eigenvalue weighted by atomic mass is 10.1. The van der Waals surface area contributed by atoms with Crippen LogP contribution in [0.4, 0.5) is 10.5 Å². The van der Waals surface area contributed by atoms with Gasteiger partial charge in [0, 0.05) is 24.2 Å². The third-order valence-electron chi connectivity index (χ3n) is 4.24. The second kappa shape index (κ2) is 7.92. The number of aromatic nitrogens is 2. The van der Waals surface area contributed by atoms with Gasteiger partial charge in [-0.15, -0.1) is 0 Å². The number of carbonyl (C=O) groups is 2. The first kappa shape index (κ1) is 19.7. The Morgan fingerprint density at radius 3 is 2.75 bits per heavy atom. The van der Waals surface area contributed by atoms with Crippen molar-refractivity contribution in [2.75, 3.05) is 18.5 Å². The van der Waals surface area contributed by atoms with E-state index in [-0.39, 0.29) is 18.1 Å². The molecule has 8 heteroatoms. The maximum absolute atomic E-state index is 12.8. The molecular weight excluding hydrogens is 360 g/mol. The van der Waals surface area contributed by atoms with Crippen LogP contribution in [0.2, 0.25) is 0 Å². The van der Waals surface area contributed by atoms with Crippen LogP contribution >= 0.6 is 0 Å². The van der Waals surface area contributed by atoms with E-state index in [2.05, 4.69) is 15.5 Å². The van der Waals surface area contributed by atoms with Gasteiger partial charge in [0.1, 0.15) is 11.4 Å². The lowest BCUT2D eigenvalue weighted by Crippen LogP contribution is -2.40. The number of H-pyrrole nitrogens is 1. The normalized spacial score (nSPS) is 13.6. The number of nitrogens with one attached hydrogen (secondary N) is 2. The number of anilines is 1. The molecule has 1 aliphatic heterocycles. The van der Waals surface area contributed by atoms with Crippen LogP contribution in [0, 0.1) is 0 Å². The fourth-order valence-corrected chi connectivity index (χ4v) is 3.00. The van der Waals surface area contributed by atoms with Crippen molar-refractivity contribution in [1.82, 2.24) is 15.1 Å². The number of aromatic amines is 1. The average molecular weight is 386 g/mol. The first-order valence-electron chi connectivity index (χ1n) is 9.35. The quantitative estimate of drug-likeness (QED) is 0.840. The smallest absolute Gasteiger partial charge is 0.410 e. The average Bonchev–Trinajstić information content (AvgIpc) is 3.05. The Morgan fingerprint density at radius 1 is 1.29 bits per heavy atom. The molecule has 150 valence electrons. The molecule has 0 saturated heterocycles. The van der Waals surface area contributed by atoms with Gasteiger partial charge >= 0.3 is 6.09 Å². The summed E-state index contributed by atoms with van der Waals surface area (Å²) in [5, 5.41) is 9.95. The van der Waals surface area contributed by atoms with E-state index in [0.717, 1.165) is 5.69 Å². The largest absolute Gasteiger partial charge is 0.492 e. The molecule has 0 spiro atoms. The predicted molar refractivity (Wildman–Crippen MR) is 104 cm³/mol. The summed E-state index contributed by atoms with van der Waals surface area (Å²) >= 11 is 0. The molecular formula is C20H26N4O4. The van der Waals surface area contributed by atoms with Crippen molar-refractivity contribution in [1.29, 1.82) is 0 Å². The molecule has 1 aromatic heterocycles. The van der Waals surface area contributed by atoms with Gasteiger partial charge in [0.05, 0.1) is 18.8 Å². The number of ether oxygens (including phenoxy) is 2. The maximum Gasteiger partial charge on any atom is 0.410 e. The van der Waals surface area contributed by atoms with Gasteiger partial charge in [-0.25, -0.2) is 4.79 Å². The minimum absolute atomic E-state index is 0.273. The highest BCUT2D eigenvalue weighted by Gasteiger charge is 2.30. The molecule has 0 bridgehead atoms. The summed E-state index contributed by atoms with van der Waals surface area (Å²) in [5.74, 6) is 0.244. The number of benzene rings is 1. The molecule has 2 N–H and O–H groups in total. The standard InChI is InChI=1S/C20H26N4O4/c1-5-27-16-9-7-6-8-15(16)21-18(25)17-13-12-24(11-10-14(13)22-23-17)19(26)28-20(2,3)4/h6-9H,5,10-12H2,1-4H3,(H,21,25)(H,22,23). The van der Waals surface area contributed by atoms with E-state index in [0.29, 0.717) is 36.6 Å². The number of carbonyl (C=O) groups excluding carboxylic acids is 2. The summed E-state index contributed by atoms with van der Waals surface area (Å²) in [5.41, 5.74) is 1.85. The SMILES string of the molecule is CCOc1ccccc1NC(=O)c1n[nH]c2c1CN(C(=O)OC(C)(C)C)CC2. The first-order chi connectivity index (χ1) is 13.3. The van der Waals surface area contributed by atoms with Crippen molar-refractivity contribution in [2.24, 2.45) is 0 Å². The molecule has 1 aliphatic rings. The molecule has 8 nitrogen and oxygen atoms in total. The Kier molecular flexibility index (Phi) is 5.58. The van der Waals surface area contributed by atoms with Gasteiger partial charge < -0.3 is 19.7 Å². The van der Waals surface area contributed by atoms with E-state index in [1.807, 2.05) is 39.8 Å². The Hall–Kier alpha value is -3.03. The summed E-state index contributed by atoms with van der Waals surface area (Å²) in [7, 11) is 0. The minimum Gasteiger partial charge on any atom is -0.492 e. The zero-order valence-electron chi connectivity index (χ0n) is 16.7. The third-order valence-corrected chi connectivity index (χ3v) is 4.24. The highest BCUT2D eigenvalue weighted by molar-refractivity contribution is 6.04. The second-order valence-electron chi connectivity index (χ2n) is 7.56. The van der Waals surface area contributed by atoms with Gasteiger partial charge in [-0.1, -0.05) is 12.1 Å². The van der Waals surface area contributed by atoms with Crippen LogP contribution in [-0.4, -0.2) is 45.9 Å². The first-order valence-corrected chi connectivity index (χ1v) is 9.35. The lowest BCUT2D eigenvalue weighted by Gasteiger charge is -2.30. The highest BCUT2D eigenvalue weighted by atomic mass is 16.6. The Morgan fingerprint density at radius 2 is 2.04 bits per heavy atom. The molecule has 0 radical (unpaired) electrons. The topological polar surface area (TPSA) is 96.5 Å². The van der Waals surface area contributed by atoms with Gasteiger partial charge in [0.15, 0.2) is 5.69 Å². The molecule has 2 heterocycles. The van der Waals surface area contributed by atoms with Gasteiger partial charge in [-0.2, -0.15) is 5.10 Å². The number of fused-ring (bicyclic) bond motifs is 1. The summed E-state index contributed by atoms with van der Waals surface area (Å²) < 4.78 is 11.0. The Labute approximate surface area is 164 Å². The van der Waals surface area contributed by atoms with Crippen LogP contribution in [0.3, 0.4) is 0 Å². The molecule has 0 unspecified atom stereocenters. The van der Waals surface area contributed by atoms with Crippen LogP contribution in [0.25, 0.3) is 0 Å². The molecule has 0 aliphatic carbocycles. The second-order valence-corrected chi connectivity index (χ2v) is 7.56. The van der Waals surface area contributed by atoms with Crippen molar-refractivity contribution in [2.45, 2.75) is 46.3 Å². The summed E-state index contributed by atoms with van der Waals surface area (Å²) in [6.07, 6.45) is 0.192. The zero-order chi connectivity index (χ0) is 20.3. The number of amides is 2. The van der Waals surface area contributed by atoms with Gasteiger partial charge in [0.25, 0.3) is 5.91 Å². The van der Waals surface area contributed by atoms with Crippen molar-refractivity contribution < 1.29 is 19.1 Å². The summed E-state index contributed by atoms with van der Waals surface area (Å²) in [6, 6.07) is 7.23. The van der Waals surface area contributed by atoms with E-state index in [4.69, 9.17) is 9.47 Å². The maximum atomic E-state index is 12.8. The molecule has 0 fully saturated rings. The number of para-hydroxylation sites is 2. The highest BCUT2D eigenvalue weighted by Crippen LogP contribution is 2.26. The molecule has 2 amide bonds. The fraction of sp³-hybridized carbons (Fsp3) is 0.450. The van der Waals surface area contributed by atoms with Crippen LogP contribution in [0.15, 0.2) is 24.3 Å². The molecule has 0 atom stereocenters. The van der Waals surface area contributed by atoms with E-state index >= 15 is 0 Å². The van der Waals surface area contributed by atoms with Gasteiger partial charge in [-0.3, -0.25) is 9.89 Å². The summed E-state index contributed by atoms with van der Waals surface area (Å²) in [4.78, 5) is 26.8. The van der Waals surface area contributed by atoms with Crippen LogP contribution in [0.1, 0.15) is 49.4 Å². The predicted octanol–water partition coefficient (Wildman–Crippen LogP) is 3.35. The number of nitrogens with zero attached hydrogens (tertiary/aromatic N) is 2. The molecule has 2 aromatic rings. The van der Waals surface area contributed by atoms with E-state index in [1.54, 1.807) is 17.0 Å². The monoisotopic (exact) mass is 386 g/mol. The molecule has 28 heavy (non-hydrogen) atoms. The van der Waals surface area contributed by atoms with Crippen LogP contribution < -0.4 is 10.1 Å². The number of rotatable bonds is 4. The third kappa shape index (κ3) is 4.44. The zero-order valence-corrected chi connectivity index (χ0v) is 16.7. The van der Waals surface area contributed by atoms with Gasteiger partial charge in [-0.05, 0) is 39.8 Å².